The Balaban J connectivity index is 1.34. The molecule has 25 heavy (non-hydrogen) atoms. The van der Waals surface area contributed by atoms with Gasteiger partial charge in [-0.15, -0.1) is 11.3 Å². The van der Waals surface area contributed by atoms with Crippen molar-refractivity contribution >= 4 is 17.2 Å². The van der Waals surface area contributed by atoms with E-state index in [0.717, 1.165) is 43.8 Å². The second-order valence-corrected chi connectivity index (χ2v) is 8.12. The van der Waals surface area contributed by atoms with Crippen LogP contribution >= 0.6 is 11.3 Å². The Morgan fingerprint density at radius 1 is 1.36 bits per heavy atom. The van der Waals surface area contributed by atoms with E-state index in [2.05, 4.69) is 10.4 Å². The third-order valence-electron chi connectivity index (χ3n) is 5.39. The molecular formula is C20H24N2O2S. The van der Waals surface area contributed by atoms with Crippen LogP contribution in [0.3, 0.4) is 0 Å². The SMILES string of the molecule is Cc1csc(C[C@H]2OC[C@H]3CN(C(=O)Cc4ccccc4)CC[C@H]32)n1. The largest absolute Gasteiger partial charge is 0.377 e. The highest BCUT2D eigenvalue weighted by atomic mass is 32.1. The molecule has 0 N–H and O–H groups in total. The molecule has 132 valence electrons. The number of aromatic nitrogens is 1. The number of ether oxygens (including phenoxy) is 1. The molecule has 0 spiro atoms. The van der Waals surface area contributed by atoms with Gasteiger partial charge in [-0.3, -0.25) is 4.79 Å². The quantitative estimate of drug-likeness (QED) is 0.845. The van der Waals surface area contributed by atoms with Crippen LogP contribution in [-0.2, 0) is 22.4 Å². The summed E-state index contributed by atoms with van der Waals surface area (Å²) in [4.78, 5) is 19.2. The molecule has 0 bridgehead atoms. The van der Waals surface area contributed by atoms with Gasteiger partial charge in [0.05, 0.1) is 24.1 Å². The number of carbonyl (C=O) groups excluding carboxylic acids is 1. The topological polar surface area (TPSA) is 42.4 Å². The number of hydrogen-bond acceptors (Lipinski definition) is 4. The Morgan fingerprint density at radius 2 is 2.20 bits per heavy atom. The molecule has 0 aliphatic carbocycles. The monoisotopic (exact) mass is 356 g/mol. The highest BCUT2D eigenvalue weighted by molar-refractivity contribution is 7.09. The van der Waals surface area contributed by atoms with E-state index in [4.69, 9.17) is 4.74 Å². The summed E-state index contributed by atoms with van der Waals surface area (Å²) < 4.78 is 6.09. The smallest absolute Gasteiger partial charge is 0.227 e. The summed E-state index contributed by atoms with van der Waals surface area (Å²) in [5, 5.41) is 3.28. The maximum atomic E-state index is 12.6. The van der Waals surface area contributed by atoms with E-state index in [1.165, 1.54) is 5.01 Å². The Hall–Kier alpha value is -1.72. The molecule has 1 amide bonds. The molecule has 2 aliphatic heterocycles. The molecule has 3 atom stereocenters. The van der Waals surface area contributed by atoms with Crippen molar-refractivity contribution in [1.82, 2.24) is 9.88 Å². The van der Waals surface area contributed by atoms with E-state index in [0.29, 0.717) is 18.3 Å². The fourth-order valence-electron chi connectivity index (χ4n) is 4.07. The standard InChI is InChI=1S/C20H24N2O2S/c1-14-13-25-19(21-14)10-18-17-7-8-22(11-16(17)12-24-18)20(23)9-15-5-3-2-4-6-15/h2-6,13,16-18H,7-12H2,1H3/t16-,17-,18-/m1/s1. The minimum absolute atomic E-state index is 0.239. The van der Waals surface area contributed by atoms with Crippen LogP contribution in [-0.4, -0.2) is 41.6 Å². The maximum Gasteiger partial charge on any atom is 0.227 e. The summed E-state index contributed by atoms with van der Waals surface area (Å²) in [7, 11) is 0. The fraction of sp³-hybridized carbons (Fsp3) is 0.500. The van der Waals surface area contributed by atoms with E-state index >= 15 is 0 Å². The minimum Gasteiger partial charge on any atom is -0.377 e. The molecule has 1 aromatic carbocycles. The number of thiazole rings is 1. The molecule has 0 radical (unpaired) electrons. The lowest BCUT2D eigenvalue weighted by molar-refractivity contribution is -0.132. The Bertz CT molecular complexity index is 730. The zero-order valence-electron chi connectivity index (χ0n) is 14.6. The van der Waals surface area contributed by atoms with Crippen molar-refractivity contribution in [2.24, 2.45) is 11.8 Å². The lowest BCUT2D eigenvalue weighted by Gasteiger charge is -2.35. The summed E-state index contributed by atoms with van der Waals surface area (Å²) in [6, 6.07) is 10.0. The van der Waals surface area contributed by atoms with Gasteiger partial charge in [0.15, 0.2) is 0 Å². The molecule has 4 nitrogen and oxygen atoms in total. The number of nitrogens with zero attached hydrogens (tertiary/aromatic N) is 2. The highest BCUT2D eigenvalue weighted by Gasteiger charge is 2.41. The Labute approximate surface area is 152 Å². The molecule has 2 saturated heterocycles. The first-order valence-electron chi connectivity index (χ1n) is 9.03. The Morgan fingerprint density at radius 3 is 2.96 bits per heavy atom. The van der Waals surface area contributed by atoms with Crippen molar-refractivity contribution in [3.8, 4) is 0 Å². The molecule has 2 aromatic rings. The van der Waals surface area contributed by atoms with E-state index < -0.39 is 0 Å². The van der Waals surface area contributed by atoms with Crippen molar-refractivity contribution in [2.75, 3.05) is 19.7 Å². The summed E-state index contributed by atoms with van der Waals surface area (Å²) in [5.74, 6) is 1.27. The van der Waals surface area contributed by atoms with Gasteiger partial charge in [0.1, 0.15) is 0 Å². The van der Waals surface area contributed by atoms with Gasteiger partial charge in [0, 0.05) is 36.5 Å². The van der Waals surface area contributed by atoms with Crippen LogP contribution in [0.2, 0.25) is 0 Å². The summed E-state index contributed by atoms with van der Waals surface area (Å²) in [5.41, 5.74) is 2.19. The third-order valence-corrected chi connectivity index (χ3v) is 6.38. The fourth-order valence-corrected chi connectivity index (χ4v) is 4.89. The zero-order chi connectivity index (χ0) is 17.2. The van der Waals surface area contributed by atoms with Gasteiger partial charge < -0.3 is 9.64 Å². The minimum atomic E-state index is 0.239. The molecular weight excluding hydrogens is 332 g/mol. The van der Waals surface area contributed by atoms with Gasteiger partial charge >= 0.3 is 0 Å². The van der Waals surface area contributed by atoms with Crippen molar-refractivity contribution in [3.05, 3.63) is 52.0 Å². The summed E-state index contributed by atoms with van der Waals surface area (Å²) >= 11 is 1.73. The molecule has 0 saturated carbocycles. The molecule has 2 fully saturated rings. The van der Waals surface area contributed by atoms with Crippen molar-refractivity contribution in [2.45, 2.75) is 32.3 Å². The molecule has 5 heteroatoms. The zero-order valence-corrected chi connectivity index (χ0v) is 15.4. The van der Waals surface area contributed by atoms with Crippen LogP contribution in [0.1, 0.15) is 22.7 Å². The van der Waals surface area contributed by atoms with Gasteiger partial charge in [-0.1, -0.05) is 30.3 Å². The normalized spacial score (nSPS) is 25.8. The van der Waals surface area contributed by atoms with Gasteiger partial charge in [0.25, 0.3) is 0 Å². The molecule has 0 unspecified atom stereocenters. The van der Waals surface area contributed by atoms with Crippen molar-refractivity contribution in [3.63, 3.8) is 0 Å². The molecule has 2 aliphatic rings. The van der Waals surface area contributed by atoms with E-state index in [1.54, 1.807) is 11.3 Å². The van der Waals surface area contributed by atoms with E-state index in [-0.39, 0.29) is 12.0 Å². The van der Waals surface area contributed by atoms with Crippen LogP contribution in [0, 0.1) is 18.8 Å². The van der Waals surface area contributed by atoms with Crippen molar-refractivity contribution < 1.29 is 9.53 Å². The average molecular weight is 356 g/mol. The molecule has 3 heterocycles. The second kappa shape index (κ2) is 7.26. The number of fused-ring (bicyclic) bond motifs is 1. The lowest BCUT2D eigenvalue weighted by atomic mass is 9.83. The maximum absolute atomic E-state index is 12.6. The second-order valence-electron chi connectivity index (χ2n) is 7.17. The molecule has 4 rings (SSSR count). The van der Waals surface area contributed by atoms with Gasteiger partial charge in [-0.25, -0.2) is 4.98 Å². The first-order valence-corrected chi connectivity index (χ1v) is 9.91. The van der Waals surface area contributed by atoms with Crippen LogP contribution in [0.4, 0.5) is 0 Å². The number of benzene rings is 1. The highest BCUT2D eigenvalue weighted by Crippen LogP contribution is 2.36. The number of amides is 1. The summed E-state index contributed by atoms with van der Waals surface area (Å²) in [6.07, 6.45) is 2.72. The Kier molecular flexibility index (Phi) is 4.86. The van der Waals surface area contributed by atoms with Crippen LogP contribution in [0.25, 0.3) is 0 Å². The number of likely N-dealkylation sites (tertiary alicyclic amines) is 1. The van der Waals surface area contributed by atoms with Crippen LogP contribution in [0.15, 0.2) is 35.7 Å². The summed E-state index contributed by atoms with van der Waals surface area (Å²) in [6.45, 7) is 4.50. The lowest BCUT2D eigenvalue weighted by Crippen LogP contribution is -2.45. The van der Waals surface area contributed by atoms with Crippen molar-refractivity contribution in [1.29, 1.82) is 0 Å². The molecule has 1 aromatic heterocycles. The number of carbonyl (C=O) groups is 1. The third kappa shape index (κ3) is 3.77. The number of rotatable bonds is 4. The first kappa shape index (κ1) is 16.7. The van der Waals surface area contributed by atoms with Crippen LogP contribution in [0.5, 0.6) is 0 Å². The van der Waals surface area contributed by atoms with Gasteiger partial charge in [-0.05, 0) is 24.8 Å². The number of aryl methyl sites for hydroxylation is 1. The van der Waals surface area contributed by atoms with E-state index in [1.807, 2.05) is 42.2 Å². The van der Waals surface area contributed by atoms with E-state index in [9.17, 15) is 4.79 Å². The average Bonchev–Trinajstić information content (AvgIpc) is 3.22. The predicted molar refractivity (Wildman–Crippen MR) is 98.6 cm³/mol. The van der Waals surface area contributed by atoms with Gasteiger partial charge in [-0.2, -0.15) is 0 Å². The van der Waals surface area contributed by atoms with Crippen LogP contribution < -0.4 is 0 Å². The first-order chi connectivity index (χ1) is 12.2. The predicted octanol–water partition coefficient (Wildman–Crippen LogP) is 3.10. The number of hydrogen-bond donors (Lipinski definition) is 0. The number of piperidine rings is 1. The van der Waals surface area contributed by atoms with Gasteiger partial charge in [0.2, 0.25) is 5.91 Å².